The lowest BCUT2D eigenvalue weighted by atomic mass is 10.1. The Morgan fingerprint density at radius 1 is 1.15 bits per heavy atom. The first-order valence-electron chi connectivity index (χ1n) is 9.20. The third-order valence-electron chi connectivity index (χ3n) is 4.78. The van der Waals surface area contributed by atoms with Gasteiger partial charge in [-0.3, -0.25) is 4.79 Å². The second-order valence-corrected chi connectivity index (χ2v) is 6.85. The van der Waals surface area contributed by atoms with Gasteiger partial charge < -0.3 is 10.2 Å². The van der Waals surface area contributed by atoms with Crippen LogP contribution in [0.5, 0.6) is 0 Å². The number of hydrazone groups is 1. The molecule has 0 atom stereocenters. The molecule has 0 radical (unpaired) electrons. The van der Waals surface area contributed by atoms with Gasteiger partial charge in [-0.15, -0.1) is 0 Å². The predicted octanol–water partition coefficient (Wildman–Crippen LogP) is 3.60. The number of hydrogen-bond acceptors (Lipinski definition) is 4. The van der Waals surface area contributed by atoms with Crippen molar-refractivity contribution in [2.24, 2.45) is 5.10 Å². The molecule has 142 valence electrons. The molecule has 0 aromatic heterocycles. The summed E-state index contributed by atoms with van der Waals surface area (Å²) >= 11 is 0. The second kappa shape index (κ2) is 8.66. The van der Waals surface area contributed by atoms with Crippen LogP contribution in [-0.2, 0) is 4.79 Å². The zero-order chi connectivity index (χ0) is 19.2. The maximum atomic E-state index is 14.3. The Balaban J connectivity index is 1.50. The van der Waals surface area contributed by atoms with Crippen LogP contribution in [0.25, 0.3) is 0 Å². The quantitative estimate of drug-likeness (QED) is 0.605. The average Bonchev–Trinajstić information content (AvgIpc) is 3.17. The number of nitrogens with zero attached hydrogens (tertiary/aromatic N) is 2. The number of rotatable bonds is 6. The monoisotopic (exact) mass is 368 g/mol. The van der Waals surface area contributed by atoms with Crippen molar-refractivity contribution in [3.63, 3.8) is 0 Å². The minimum Gasteiger partial charge on any atom is -0.376 e. The van der Waals surface area contributed by atoms with E-state index >= 15 is 0 Å². The maximum Gasteiger partial charge on any atom is 0.259 e. The number of carbonyl (C=O) groups excluding carboxylic acids is 1. The van der Waals surface area contributed by atoms with E-state index < -0.39 is 0 Å². The Labute approximate surface area is 159 Å². The first kappa shape index (κ1) is 18.9. The molecule has 0 saturated carbocycles. The SMILES string of the molecule is Cc1ccc(NCC(=O)N/N=C\c2ccc(N3CCCC3)c(F)c2)cc1C. The maximum absolute atomic E-state index is 14.3. The van der Waals surface area contributed by atoms with Crippen molar-refractivity contribution in [3.05, 3.63) is 58.9 Å². The van der Waals surface area contributed by atoms with Gasteiger partial charge in [-0.05, 0) is 67.6 Å². The highest BCUT2D eigenvalue weighted by molar-refractivity contribution is 5.84. The summed E-state index contributed by atoms with van der Waals surface area (Å²) in [5, 5.41) is 6.97. The van der Waals surface area contributed by atoms with Crippen molar-refractivity contribution < 1.29 is 9.18 Å². The van der Waals surface area contributed by atoms with Crippen molar-refractivity contribution in [3.8, 4) is 0 Å². The molecular formula is C21H25FN4O. The van der Waals surface area contributed by atoms with Gasteiger partial charge in [-0.2, -0.15) is 5.10 Å². The van der Waals surface area contributed by atoms with Crippen molar-refractivity contribution in [2.45, 2.75) is 26.7 Å². The Bertz CT molecular complexity index is 844. The van der Waals surface area contributed by atoms with Gasteiger partial charge in [0.05, 0.1) is 18.4 Å². The van der Waals surface area contributed by atoms with Crippen molar-refractivity contribution in [2.75, 3.05) is 29.9 Å². The van der Waals surface area contributed by atoms with E-state index in [4.69, 9.17) is 0 Å². The van der Waals surface area contributed by atoms with Gasteiger partial charge in [0.1, 0.15) is 5.82 Å². The van der Waals surface area contributed by atoms with E-state index in [9.17, 15) is 9.18 Å². The summed E-state index contributed by atoms with van der Waals surface area (Å²) in [6.07, 6.45) is 3.65. The molecule has 2 aromatic rings. The fourth-order valence-electron chi connectivity index (χ4n) is 3.07. The van der Waals surface area contributed by atoms with E-state index in [1.165, 1.54) is 17.8 Å². The summed E-state index contributed by atoms with van der Waals surface area (Å²) in [6, 6.07) is 11.0. The van der Waals surface area contributed by atoms with Gasteiger partial charge in [0.15, 0.2) is 0 Å². The summed E-state index contributed by atoms with van der Waals surface area (Å²) in [6.45, 7) is 5.98. The largest absolute Gasteiger partial charge is 0.376 e. The Hall–Kier alpha value is -2.89. The molecule has 1 amide bonds. The highest BCUT2D eigenvalue weighted by Crippen LogP contribution is 2.23. The minimum atomic E-state index is -0.265. The molecule has 1 heterocycles. The summed E-state index contributed by atoms with van der Waals surface area (Å²) in [5.74, 6) is -0.526. The minimum absolute atomic E-state index is 0.113. The zero-order valence-corrected chi connectivity index (χ0v) is 15.8. The van der Waals surface area contributed by atoms with Gasteiger partial charge in [0.2, 0.25) is 0 Å². The van der Waals surface area contributed by atoms with Gasteiger partial charge in [0, 0.05) is 18.8 Å². The van der Waals surface area contributed by atoms with E-state index in [0.717, 1.165) is 37.2 Å². The van der Waals surface area contributed by atoms with Crippen molar-refractivity contribution in [1.82, 2.24) is 5.43 Å². The van der Waals surface area contributed by atoms with E-state index in [0.29, 0.717) is 11.3 Å². The van der Waals surface area contributed by atoms with Crippen molar-refractivity contribution in [1.29, 1.82) is 0 Å². The topological polar surface area (TPSA) is 56.7 Å². The molecule has 2 N–H and O–H groups in total. The third kappa shape index (κ3) is 5.06. The summed E-state index contributed by atoms with van der Waals surface area (Å²) in [5.41, 5.74) is 6.95. The predicted molar refractivity (Wildman–Crippen MR) is 108 cm³/mol. The molecule has 0 spiro atoms. The number of hydrogen-bond donors (Lipinski definition) is 2. The van der Waals surface area contributed by atoms with Crippen LogP contribution in [0.4, 0.5) is 15.8 Å². The standard InChI is InChI=1S/C21H25FN4O/c1-15-5-7-18(11-16(15)2)23-14-21(27)25-24-13-17-6-8-20(19(22)12-17)26-9-3-4-10-26/h5-8,11-13,23H,3-4,9-10,14H2,1-2H3,(H,25,27)/b24-13-. The number of anilines is 2. The fourth-order valence-corrected chi connectivity index (χ4v) is 3.07. The molecule has 6 heteroatoms. The first-order chi connectivity index (χ1) is 13.0. The van der Waals surface area contributed by atoms with E-state index in [2.05, 4.69) is 20.7 Å². The highest BCUT2D eigenvalue weighted by atomic mass is 19.1. The van der Waals surface area contributed by atoms with Gasteiger partial charge in [-0.1, -0.05) is 12.1 Å². The molecule has 1 fully saturated rings. The molecule has 1 saturated heterocycles. The molecule has 27 heavy (non-hydrogen) atoms. The van der Waals surface area contributed by atoms with Gasteiger partial charge in [-0.25, -0.2) is 9.82 Å². The van der Waals surface area contributed by atoms with Crippen LogP contribution in [0.2, 0.25) is 0 Å². The molecule has 3 rings (SSSR count). The average molecular weight is 368 g/mol. The number of aryl methyl sites for hydroxylation is 2. The normalized spacial score (nSPS) is 14.0. The van der Waals surface area contributed by atoms with E-state index in [1.807, 2.05) is 32.0 Å². The van der Waals surface area contributed by atoms with Crippen LogP contribution in [0.3, 0.4) is 0 Å². The van der Waals surface area contributed by atoms with Gasteiger partial charge in [0.25, 0.3) is 5.91 Å². The molecule has 0 bridgehead atoms. The van der Waals surface area contributed by atoms with Crippen LogP contribution >= 0.6 is 0 Å². The van der Waals surface area contributed by atoms with E-state index in [1.54, 1.807) is 12.1 Å². The lowest BCUT2D eigenvalue weighted by Crippen LogP contribution is -2.25. The van der Waals surface area contributed by atoms with Crippen LogP contribution < -0.4 is 15.6 Å². The number of halogens is 1. The molecule has 5 nitrogen and oxygen atoms in total. The van der Waals surface area contributed by atoms with Crippen LogP contribution in [0, 0.1) is 19.7 Å². The highest BCUT2D eigenvalue weighted by Gasteiger charge is 2.15. The third-order valence-corrected chi connectivity index (χ3v) is 4.78. The fraction of sp³-hybridized carbons (Fsp3) is 0.333. The summed E-state index contributed by atoms with van der Waals surface area (Å²) < 4.78 is 14.3. The van der Waals surface area contributed by atoms with E-state index in [-0.39, 0.29) is 18.3 Å². The lowest BCUT2D eigenvalue weighted by Gasteiger charge is -2.18. The Morgan fingerprint density at radius 3 is 2.63 bits per heavy atom. The number of carbonyl (C=O) groups is 1. The molecule has 1 aliphatic rings. The van der Waals surface area contributed by atoms with Crippen molar-refractivity contribution >= 4 is 23.5 Å². The molecular weight excluding hydrogens is 343 g/mol. The number of nitrogens with one attached hydrogen (secondary N) is 2. The molecule has 1 aliphatic heterocycles. The molecule has 0 unspecified atom stereocenters. The Morgan fingerprint density at radius 2 is 1.93 bits per heavy atom. The second-order valence-electron chi connectivity index (χ2n) is 6.85. The first-order valence-corrected chi connectivity index (χ1v) is 9.20. The summed E-state index contributed by atoms with van der Waals surface area (Å²) in [4.78, 5) is 13.9. The summed E-state index contributed by atoms with van der Waals surface area (Å²) in [7, 11) is 0. The molecule has 2 aromatic carbocycles. The van der Waals surface area contributed by atoms with Gasteiger partial charge >= 0.3 is 0 Å². The Kier molecular flexibility index (Phi) is 6.06. The smallest absolute Gasteiger partial charge is 0.259 e. The number of benzene rings is 2. The molecule has 0 aliphatic carbocycles. The lowest BCUT2D eigenvalue weighted by molar-refractivity contribution is -0.119. The van der Waals surface area contributed by atoms with Crippen LogP contribution in [-0.4, -0.2) is 31.8 Å². The zero-order valence-electron chi connectivity index (χ0n) is 15.8. The number of amides is 1. The van der Waals surface area contributed by atoms with Crippen LogP contribution in [0.1, 0.15) is 29.5 Å². The van der Waals surface area contributed by atoms with Crippen LogP contribution in [0.15, 0.2) is 41.5 Å².